The maximum Gasteiger partial charge on any atom is 0.268 e. The maximum absolute atomic E-state index is 11.8. The molecule has 0 saturated carbocycles. The van der Waals surface area contributed by atoms with Crippen molar-refractivity contribution < 1.29 is 9.53 Å². The number of hydrogen-bond donors (Lipinski definition) is 2. The van der Waals surface area contributed by atoms with E-state index in [4.69, 9.17) is 16.2 Å². The zero-order valence-corrected chi connectivity index (χ0v) is 18.0. The molecular weight excluding hydrogens is 416 g/mol. The third-order valence-corrected chi connectivity index (χ3v) is 4.96. The molecule has 0 fully saturated rings. The summed E-state index contributed by atoms with van der Waals surface area (Å²) in [6.45, 7) is 0.0839. The molecule has 2 aromatic heterocycles. The Hall–Kier alpha value is -4.59. The first-order valence-corrected chi connectivity index (χ1v) is 10.2. The number of hydrogen-bond acceptors (Lipinski definition) is 7. The Morgan fingerprint density at radius 3 is 2.39 bits per heavy atom. The topological polar surface area (TPSA) is 129 Å². The summed E-state index contributed by atoms with van der Waals surface area (Å²) >= 11 is 0. The second-order valence-electron chi connectivity index (χ2n) is 7.13. The van der Waals surface area contributed by atoms with E-state index in [1.807, 2.05) is 48.5 Å². The second-order valence-corrected chi connectivity index (χ2v) is 7.13. The van der Waals surface area contributed by atoms with E-state index < -0.39 is 5.91 Å². The number of aliphatic imine (C=N–C) groups is 1. The molecule has 164 valence electrons. The number of carbonyl (C=O) groups excluding carboxylic acids is 1. The van der Waals surface area contributed by atoms with Gasteiger partial charge >= 0.3 is 0 Å². The van der Waals surface area contributed by atoms with Crippen molar-refractivity contribution in [2.45, 2.75) is 6.61 Å². The largest absolute Gasteiger partial charge is 0.486 e. The Morgan fingerprint density at radius 2 is 1.70 bits per heavy atom. The van der Waals surface area contributed by atoms with Crippen LogP contribution in [0.15, 0.2) is 78.0 Å². The van der Waals surface area contributed by atoms with Gasteiger partial charge in [-0.1, -0.05) is 18.2 Å². The number of primary amides is 1. The molecule has 2 aromatic carbocycles. The van der Waals surface area contributed by atoms with Crippen LogP contribution in [0.2, 0.25) is 0 Å². The van der Waals surface area contributed by atoms with E-state index in [0.29, 0.717) is 28.2 Å². The number of para-hydroxylation sites is 1. The summed E-state index contributed by atoms with van der Waals surface area (Å²) in [5.74, 6) is 0.366. The lowest BCUT2D eigenvalue weighted by atomic mass is 10.0. The number of nitrogens with two attached hydrogens (primary N) is 2. The Morgan fingerprint density at radius 1 is 0.970 bits per heavy atom. The van der Waals surface area contributed by atoms with Gasteiger partial charge < -0.3 is 16.2 Å². The number of pyridine rings is 1. The lowest BCUT2D eigenvalue weighted by Crippen LogP contribution is -2.16. The van der Waals surface area contributed by atoms with Crippen LogP contribution < -0.4 is 16.2 Å². The van der Waals surface area contributed by atoms with Crippen molar-refractivity contribution >= 4 is 34.3 Å². The average Bonchev–Trinajstić information content (AvgIpc) is 2.86. The number of aromatic nitrogens is 3. The zero-order valence-electron chi connectivity index (χ0n) is 18.0. The number of amides is 1. The highest BCUT2D eigenvalue weighted by molar-refractivity contribution is 6.18. The van der Waals surface area contributed by atoms with Crippen molar-refractivity contribution in [1.29, 1.82) is 0 Å². The molecule has 4 rings (SSSR count). The van der Waals surface area contributed by atoms with Gasteiger partial charge in [-0.2, -0.15) is 0 Å². The molecule has 2 heterocycles. The molecule has 0 radical (unpaired) electrons. The zero-order chi connectivity index (χ0) is 23.2. The molecule has 4 aromatic rings. The third kappa shape index (κ3) is 4.85. The molecule has 0 atom stereocenters. The van der Waals surface area contributed by atoms with Crippen molar-refractivity contribution in [2.75, 3.05) is 7.05 Å². The number of carbonyl (C=O) groups is 1. The smallest absolute Gasteiger partial charge is 0.268 e. The molecule has 0 saturated heterocycles. The highest BCUT2D eigenvalue weighted by atomic mass is 16.5. The van der Waals surface area contributed by atoms with Crippen LogP contribution in [-0.2, 0) is 6.61 Å². The van der Waals surface area contributed by atoms with E-state index >= 15 is 0 Å². The van der Waals surface area contributed by atoms with Gasteiger partial charge in [0.05, 0.1) is 5.52 Å². The van der Waals surface area contributed by atoms with E-state index in [9.17, 15) is 4.79 Å². The molecule has 0 spiro atoms. The number of benzene rings is 2. The molecule has 33 heavy (non-hydrogen) atoms. The highest BCUT2D eigenvalue weighted by Gasteiger charge is 2.13. The molecule has 0 aliphatic rings. The number of fused-ring (bicyclic) bond motifs is 1. The van der Waals surface area contributed by atoms with Gasteiger partial charge in [0.2, 0.25) is 0 Å². The van der Waals surface area contributed by atoms with Crippen LogP contribution in [0, 0.1) is 0 Å². The first kappa shape index (κ1) is 21.6. The van der Waals surface area contributed by atoms with Crippen molar-refractivity contribution in [1.82, 2.24) is 15.0 Å². The molecule has 8 heteroatoms. The van der Waals surface area contributed by atoms with Gasteiger partial charge in [0.25, 0.3) is 5.91 Å². The van der Waals surface area contributed by atoms with Crippen LogP contribution in [-0.4, -0.2) is 34.1 Å². The van der Waals surface area contributed by atoms with Crippen molar-refractivity contribution in [2.24, 2.45) is 16.5 Å². The summed E-state index contributed by atoms with van der Waals surface area (Å²) in [6, 6.07) is 18.3. The quantitative estimate of drug-likeness (QED) is 0.426. The number of allylic oxidation sites excluding steroid dienone is 1. The molecule has 0 aliphatic heterocycles. The van der Waals surface area contributed by atoms with Crippen LogP contribution in [0.3, 0.4) is 0 Å². The van der Waals surface area contributed by atoms with Gasteiger partial charge in [-0.3, -0.25) is 14.8 Å². The molecule has 0 unspecified atom stereocenters. The van der Waals surface area contributed by atoms with Crippen molar-refractivity contribution in [3.05, 3.63) is 95.7 Å². The summed E-state index contributed by atoms with van der Waals surface area (Å²) < 4.78 is 5.83. The van der Waals surface area contributed by atoms with E-state index in [-0.39, 0.29) is 12.3 Å². The van der Waals surface area contributed by atoms with E-state index in [1.54, 1.807) is 37.8 Å². The summed E-state index contributed by atoms with van der Waals surface area (Å²) in [5, 5.41) is 0.612. The van der Waals surface area contributed by atoms with Crippen molar-refractivity contribution in [3.8, 4) is 5.75 Å². The summed E-state index contributed by atoms with van der Waals surface area (Å²) in [7, 11) is 1.70. The standard InChI is InChI=1S/C25H22N6O2/c1-28-14-20(16-10-12-29-13-11-16)23(26)17-6-8-18(9-7-17)33-15-22-30-21-5-3-2-4-19(21)24(31-22)25(27)32/h2-14H,15,26H2,1H3,(H2,27,32). The average molecular weight is 438 g/mol. The van der Waals surface area contributed by atoms with Gasteiger partial charge in [-0.25, -0.2) is 9.97 Å². The second kappa shape index (κ2) is 9.69. The first-order chi connectivity index (χ1) is 16.1. The minimum absolute atomic E-state index is 0.0839. The molecule has 4 N–H and O–H groups in total. The van der Waals surface area contributed by atoms with Crippen LogP contribution in [0.1, 0.15) is 27.4 Å². The van der Waals surface area contributed by atoms with Gasteiger partial charge in [0, 0.05) is 42.3 Å². The number of nitrogens with zero attached hydrogens (tertiary/aromatic N) is 4. The molecule has 8 nitrogen and oxygen atoms in total. The lowest BCUT2D eigenvalue weighted by Gasteiger charge is -2.11. The predicted octanol–water partition coefficient (Wildman–Crippen LogP) is 3.23. The SMILES string of the molecule is CN=CC(=C(N)c1ccc(OCc2nc(C(N)=O)c3ccccc3n2)cc1)c1ccncc1. The fourth-order valence-corrected chi connectivity index (χ4v) is 3.37. The van der Waals surface area contributed by atoms with Crippen LogP contribution >= 0.6 is 0 Å². The van der Waals surface area contributed by atoms with Gasteiger partial charge in [0.15, 0.2) is 5.82 Å². The predicted molar refractivity (Wildman–Crippen MR) is 128 cm³/mol. The Balaban J connectivity index is 1.55. The molecular formula is C25H22N6O2. The van der Waals surface area contributed by atoms with Gasteiger partial charge in [-0.15, -0.1) is 0 Å². The monoisotopic (exact) mass is 438 g/mol. The minimum atomic E-state index is -0.609. The van der Waals surface area contributed by atoms with Crippen LogP contribution in [0.25, 0.3) is 22.2 Å². The Kier molecular flexibility index (Phi) is 6.36. The van der Waals surface area contributed by atoms with Crippen LogP contribution in [0.4, 0.5) is 0 Å². The third-order valence-electron chi connectivity index (χ3n) is 4.96. The minimum Gasteiger partial charge on any atom is -0.486 e. The summed E-state index contributed by atoms with van der Waals surface area (Å²) in [5.41, 5.74) is 15.9. The fourth-order valence-electron chi connectivity index (χ4n) is 3.37. The van der Waals surface area contributed by atoms with E-state index in [2.05, 4.69) is 19.9 Å². The fraction of sp³-hybridized carbons (Fsp3) is 0.0800. The lowest BCUT2D eigenvalue weighted by molar-refractivity contribution is 0.0996. The maximum atomic E-state index is 11.8. The summed E-state index contributed by atoms with van der Waals surface area (Å²) in [4.78, 5) is 28.7. The Bertz CT molecular complexity index is 1350. The van der Waals surface area contributed by atoms with Gasteiger partial charge in [0.1, 0.15) is 18.1 Å². The molecule has 0 aliphatic carbocycles. The molecule has 0 bridgehead atoms. The van der Waals surface area contributed by atoms with Gasteiger partial charge in [-0.05, 0) is 53.6 Å². The van der Waals surface area contributed by atoms with E-state index in [0.717, 1.165) is 16.7 Å². The first-order valence-electron chi connectivity index (χ1n) is 10.2. The number of rotatable bonds is 7. The summed E-state index contributed by atoms with van der Waals surface area (Å²) in [6.07, 6.45) is 5.14. The van der Waals surface area contributed by atoms with Crippen molar-refractivity contribution in [3.63, 3.8) is 0 Å². The normalized spacial score (nSPS) is 12.0. The molecule has 1 amide bonds. The van der Waals surface area contributed by atoms with E-state index in [1.165, 1.54) is 0 Å². The van der Waals surface area contributed by atoms with Crippen LogP contribution in [0.5, 0.6) is 5.75 Å². The Labute approximate surface area is 190 Å². The number of ether oxygens (including phenoxy) is 1. The highest BCUT2D eigenvalue weighted by Crippen LogP contribution is 2.23.